The maximum Gasteiger partial charge on any atom is 0.179 e. The van der Waals surface area contributed by atoms with E-state index in [-0.39, 0.29) is 47.8 Å². The highest BCUT2D eigenvalue weighted by molar-refractivity contribution is 6.35. The summed E-state index contributed by atoms with van der Waals surface area (Å²) < 4.78 is 0. The topological polar surface area (TPSA) is 68.3 Å². The van der Waals surface area contributed by atoms with Gasteiger partial charge < -0.3 is 0 Å². The molecule has 4 heteroatoms. The second-order valence-corrected chi connectivity index (χ2v) is 7.00. The van der Waals surface area contributed by atoms with Crippen molar-refractivity contribution in [1.29, 1.82) is 0 Å². The lowest BCUT2D eigenvalue weighted by atomic mass is 9.44. The van der Waals surface area contributed by atoms with E-state index in [0.29, 0.717) is 17.5 Å². The average Bonchev–Trinajstić information content (AvgIpc) is 3.16. The van der Waals surface area contributed by atoms with Crippen LogP contribution in [0.4, 0.5) is 0 Å². The van der Waals surface area contributed by atoms with Crippen molar-refractivity contribution in [3.8, 4) is 0 Å². The monoisotopic (exact) mass is 306 g/mol. The molecule has 4 unspecified atom stereocenters. The van der Waals surface area contributed by atoms with Gasteiger partial charge in [0.1, 0.15) is 22.4 Å². The number of rotatable bonds is 0. The van der Waals surface area contributed by atoms with Crippen molar-refractivity contribution in [3.63, 3.8) is 0 Å². The standard InChI is InChI=1S/C19H14O4/c20-14-7-8-15(21)19-11-6-5-10(9-11)18(14,19)16(22)12-3-1-2-4-13(12)17(19)23/h1-6,10-11H,7-9H2. The predicted molar refractivity (Wildman–Crippen MR) is 80.0 cm³/mol. The van der Waals surface area contributed by atoms with E-state index in [1.54, 1.807) is 24.3 Å². The highest BCUT2D eigenvalue weighted by atomic mass is 16.2. The van der Waals surface area contributed by atoms with Gasteiger partial charge in [0.25, 0.3) is 0 Å². The molecule has 4 atom stereocenters. The third kappa shape index (κ3) is 1.07. The van der Waals surface area contributed by atoms with Crippen molar-refractivity contribution in [1.82, 2.24) is 0 Å². The molecule has 2 saturated carbocycles. The van der Waals surface area contributed by atoms with Gasteiger partial charge in [-0.3, -0.25) is 19.2 Å². The van der Waals surface area contributed by atoms with Crippen molar-refractivity contribution >= 4 is 23.1 Å². The summed E-state index contributed by atoms with van der Waals surface area (Å²) in [4.78, 5) is 52.7. The summed E-state index contributed by atoms with van der Waals surface area (Å²) in [6.07, 6.45) is 4.43. The zero-order valence-corrected chi connectivity index (χ0v) is 12.4. The van der Waals surface area contributed by atoms with E-state index in [9.17, 15) is 19.2 Å². The summed E-state index contributed by atoms with van der Waals surface area (Å²) >= 11 is 0. The fourth-order valence-electron chi connectivity index (χ4n) is 5.65. The Bertz CT molecular complexity index is 795. The van der Waals surface area contributed by atoms with Gasteiger partial charge in [-0.15, -0.1) is 0 Å². The molecule has 1 aromatic rings. The molecule has 4 aliphatic rings. The van der Waals surface area contributed by atoms with Crippen molar-refractivity contribution in [2.75, 3.05) is 0 Å². The van der Waals surface area contributed by atoms with Crippen LogP contribution in [0.1, 0.15) is 40.0 Å². The molecule has 23 heavy (non-hydrogen) atoms. The molecule has 4 aliphatic carbocycles. The first-order valence-electron chi connectivity index (χ1n) is 7.99. The zero-order valence-electron chi connectivity index (χ0n) is 12.4. The summed E-state index contributed by atoms with van der Waals surface area (Å²) in [5, 5.41) is 0. The number of Topliss-reactive ketones (excluding diaryl/α,β-unsaturated/α-hetero) is 4. The van der Waals surface area contributed by atoms with Gasteiger partial charge in [0.2, 0.25) is 0 Å². The smallest absolute Gasteiger partial charge is 0.179 e. The largest absolute Gasteiger partial charge is 0.298 e. The number of ketones is 4. The number of carbonyl (C=O) groups excluding carboxylic acids is 4. The Balaban J connectivity index is 1.95. The van der Waals surface area contributed by atoms with E-state index >= 15 is 0 Å². The van der Waals surface area contributed by atoms with Crippen LogP contribution in [-0.2, 0) is 9.59 Å². The fraction of sp³-hybridized carbons (Fsp3) is 0.368. The second kappa shape index (κ2) is 3.75. The van der Waals surface area contributed by atoms with Crippen LogP contribution in [0.5, 0.6) is 0 Å². The number of allylic oxidation sites excluding steroid dienone is 2. The number of hydrogen-bond acceptors (Lipinski definition) is 4. The van der Waals surface area contributed by atoms with Crippen LogP contribution < -0.4 is 0 Å². The Morgan fingerprint density at radius 3 is 1.61 bits per heavy atom. The van der Waals surface area contributed by atoms with E-state index in [4.69, 9.17) is 0 Å². The second-order valence-electron chi connectivity index (χ2n) is 7.00. The van der Waals surface area contributed by atoms with Gasteiger partial charge in [0, 0.05) is 24.0 Å². The molecule has 0 heterocycles. The summed E-state index contributed by atoms with van der Waals surface area (Å²) in [5.41, 5.74) is -2.35. The highest BCUT2D eigenvalue weighted by Gasteiger charge is 2.80. The molecule has 1 aromatic carbocycles. The van der Waals surface area contributed by atoms with Crippen LogP contribution in [0.3, 0.4) is 0 Å². The lowest BCUT2D eigenvalue weighted by Crippen LogP contribution is -2.67. The summed E-state index contributed by atoms with van der Waals surface area (Å²) in [6.45, 7) is 0. The maximum atomic E-state index is 13.4. The van der Waals surface area contributed by atoms with E-state index in [1.165, 1.54) is 0 Å². The minimum atomic E-state index is -1.48. The normalized spacial score (nSPS) is 40.2. The van der Waals surface area contributed by atoms with Crippen molar-refractivity contribution in [3.05, 3.63) is 47.5 Å². The summed E-state index contributed by atoms with van der Waals surface area (Å²) in [6, 6.07) is 6.62. The van der Waals surface area contributed by atoms with Gasteiger partial charge in [-0.1, -0.05) is 36.4 Å². The minimum absolute atomic E-state index is 0.0683. The number of fused-ring (bicyclic) bond motifs is 3. The van der Waals surface area contributed by atoms with Gasteiger partial charge in [0.15, 0.2) is 11.6 Å². The molecule has 0 aromatic heterocycles. The van der Waals surface area contributed by atoms with Gasteiger partial charge in [0.05, 0.1) is 0 Å². The van der Waals surface area contributed by atoms with Gasteiger partial charge in [-0.25, -0.2) is 0 Å². The molecule has 0 saturated heterocycles. The Morgan fingerprint density at radius 1 is 0.739 bits per heavy atom. The third-order valence-corrected chi connectivity index (χ3v) is 6.41. The van der Waals surface area contributed by atoms with Crippen molar-refractivity contribution in [2.24, 2.45) is 22.7 Å². The first-order chi connectivity index (χ1) is 11.1. The van der Waals surface area contributed by atoms with Crippen molar-refractivity contribution < 1.29 is 19.2 Å². The lowest BCUT2D eigenvalue weighted by Gasteiger charge is -2.52. The molecule has 114 valence electrons. The Kier molecular flexibility index (Phi) is 2.14. The molecule has 0 aliphatic heterocycles. The first-order valence-corrected chi connectivity index (χ1v) is 7.99. The molecule has 0 radical (unpaired) electrons. The van der Waals surface area contributed by atoms with Crippen LogP contribution in [-0.4, -0.2) is 23.1 Å². The highest BCUT2D eigenvalue weighted by Crippen LogP contribution is 2.70. The Labute approximate surface area is 132 Å². The summed E-state index contributed by atoms with van der Waals surface area (Å²) in [7, 11) is 0. The van der Waals surface area contributed by atoms with E-state index < -0.39 is 10.8 Å². The molecule has 0 spiro atoms. The molecule has 0 amide bonds. The quantitative estimate of drug-likeness (QED) is 0.544. The SMILES string of the molecule is O=C1CCC(=O)C23C(=O)c4ccccc4C(=O)C12C1C=CC3C1. The minimum Gasteiger partial charge on any atom is -0.298 e. The maximum absolute atomic E-state index is 13.4. The molecule has 4 nitrogen and oxygen atoms in total. The third-order valence-electron chi connectivity index (χ3n) is 6.41. The van der Waals surface area contributed by atoms with E-state index in [1.807, 2.05) is 12.2 Å². The molecule has 2 fully saturated rings. The number of carbonyl (C=O) groups is 4. The van der Waals surface area contributed by atoms with Gasteiger partial charge in [-0.05, 0) is 18.3 Å². The van der Waals surface area contributed by atoms with Crippen LogP contribution in [0.15, 0.2) is 36.4 Å². The first kappa shape index (κ1) is 13.1. The molecular formula is C19H14O4. The predicted octanol–water partition coefficient (Wildman–Crippen LogP) is 2.18. The molecule has 2 bridgehead atoms. The van der Waals surface area contributed by atoms with Crippen LogP contribution >= 0.6 is 0 Å². The van der Waals surface area contributed by atoms with Crippen LogP contribution in [0, 0.1) is 22.7 Å². The van der Waals surface area contributed by atoms with Crippen molar-refractivity contribution in [2.45, 2.75) is 19.3 Å². The van der Waals surface area contributed by atoms with E-state index in [0.717, 1.165) is 0 Å². The Hall–Kier alpha value is -2.36. The average molecular weight is 306 g/mol. The zero-order chi connectivity index (χ0) is 16.0. The fourth-order valence-corrected chi connectivity index (χ4v) is 5.65. The van der Waals surface area contributed by atoms with E-state index in [2.05, 4.69) is 0 Å². The number of benzene rings is 1. The molecule has 5 rings (SSSR count). The van der Waals surface area contributed by atoms with Gasteiger partial charge >= 0.3 is 0 Å². The Morgan fingerprint density at radius 2 is 1.17 bits per heavy atom. The lowest BCUT2D eigenvalue weighted by molar-refractivity contribution is -0.149. The summed E-state index contributed by atoms with van der Waals surface area (Å²) in [5.74, 6) is -1.73. The molecular weight excluding hydrogens is 292 g/mol. The van der Waals surface area contributed by atoms with Crippen LogP contribution in [0.2, 0.25) is 0 Å². The molecule has 0 N–H and O–H groups in total. The number of hydrogen-bond donors (Lipinski definition) is 0. The van der Waals surface area contributed by atoms with Gasteiger partial charge in [-0.2, -0.15) is 0 Å². The van der Waals surface area contributed by atoms with Crippen LogP contribution in [0.25, 0.3) is 0 Å².